The number of benzene rings is 3. The molecule has 0 fully saturated rings. The molecular weight excluding hydrogens is 497 g/mol. The molecule has 8 nitrogen and oxygen atoms in total. The van der Waals surface area contributed by atoms with Crippen LogP contribution < -0.4 is 20.5 Å². The van der Waals surface area contributed by atoms with E-state index in [1.165, 1.54) is 36.4 Å². The number of ether oxygens (including phenoxy) is 1. The molecule has 0 spiro atoms. The minimum atomic E-state index is -4.77. The average Bonchev–Trinajstić information content (AvgIpc) is 2.82. The molecule has 186 valence electrons. The second kappa shape index (κ2) is 9.84. The van der Waals surface area contributed by atoms with Crippen molar-refractivity contribution in [3.63, 3.8) is 0 Å². The molecule has 1 aromatic heterocycles. The Kier molecular flexibility index (Phi) is 6.82. The number of alkyl halides is 3. The first-order chi connectivity index (χ1) is 17.0. The number of sulfonamides is 1. The summed E-state index contributed by atoms with van der Waals surface area (Å²) >= 11 is 0. The summed E-state index contributed by atoms with van der Waals surface area (Å²) in [6.45, 7) is 0.0948. The first kappa shape index (κ1) is 24.9. The first-order valence-corrected chi connectivity index (χ1v) is 11.9. The van der Waals surface area contributed by atoms with E-state index in [2.05, 4.69) is 20.4 Å². The van der Waals surface area contributed by atoms with Crippen LogP contribution in [0.15, 0.2) is 83.9 Å². The van der Waals surface area contributed by atoms with Crippen LogP contribution in [-0.4, -0.2) is 25.8 Å². The number of aromatic nitrogens is 1. The monoisotopic (exact) mass is 516 g/mol. The van der Waals surface area contributed by atoms with E-state index in [-0.39, 0.29) is 17.2 Å². The third kappa shape index (κ3) is 6.49. The molecule has 0 unspecified atom stereocenters. The van der Waals surface area contributed by atoms with Gasteiger partial charge in [-0.3, -0.25) is 4.98 Å². The van der Waals surface area contributed by atoms with Gasteiger partial charge in [0.15, 0.2) is 0 Å². The van der Waals surface area contributed by atoms with Gasteiger partial charge in [0.25, 0.3) is 0 Å². The van der Waals surface area contributed by atoms with Crippen molar-refractivity contribution in [2.24, 2.45) is 5.14 Å². The van der Waals surface area contributed by atoms with Crippen LogP contribution in [0.3, 0.4) is 0 Å². The normalized spacial score (nSPS) is 11.8. The molecule has 4 N–H and O–H groups in total. The predicted octanol–water partition coefficient (Wildman–Crippen LogP) is 4.77. The molecule has 12 heteroatoms. The summed E-state index contributed by atoms with van der Waals surface area (Å²) < 4.78 is 63.4. The number of pyridine rings is 1. The van der Waals surface area contributed by atoms with Gasteiger partial charge >= 0.3 is 12.4 Å². The molecular formula is C24H19F3N4O4S. The topological polar surface area (TPSA) is 123 Å². The Morgan fingerprint density at radius 2 is 1.64 bits per heavy atom. The molecule has 0 aliphatic rings. The highest BCUT2D eigenvalue weighted by atomic mass is 32.2. The van der Waals surface area contributed by atoms with Gasteiger partial charge in [-0.15, -0.1) is 13.2 Å². The lowest BCUT2D eigenvalue weighted by Crippen LogP contribution is -2.28. The average molecular weight is 517 g/mol. The molecule has 0 atom stereocenters. The third-order valence-electron chi connectivity index (χ3n) is 5.07. The highest BCUT2D eigenvalue weighted by Crippen LogP contribution is 2.26. The molecule has 4 rings (SSSR count). The van der Waals surface area contributed by atoms with Gasteiger partial charge in [-0.25, -0.2) is 18.4 Å². The van der Waals surface area contributed by atoms with Crippen molar-refractivity contribution in [1.82, 2.24) is 10.3 Å². The van der Waals surface area contributed by atoms with E-state index in [0.29, 0.717) is 16.8 Å². The van der Waals surface area contributed by atoms with E-state index in [0.717, 1.165) is 16.5 Å². The van der Waals surface area contributed by atoms with Gasteiger partial charge < -0.3 is 15.4 Å². The van der Waals surface area contributed by atoms with Crippen LogP contribution in [0.25, 0.3) is 22.0 Å². The summed E-state index contributed by atoms with van der Waals surface area (Å²) in [5, 5.41) is 11.2. The number of amides is 2. The Labute approximate surface area is 204 Å². The van der Waals surface area contributed by atoms with Crippen LogP contribution in [0.1, 0.15) is 5.56 Å². The van der Waals surface area contributed by atoms with E-state index in [9.17, 15) is 26.4 Å². The number of nitrogens with zero attached hydrogens (tertiary/aromatic N) is 1. The van der Waals surface area contributed by atoms with Gasteiger partial charge in [0.1, 0.15) is 5.75 Å². The highest BCUT2D eigenvalue weighted by Gasteiger charge is 2.30. The SMILES string of the molecule is NS(=O)(=O)c1ccc(-c2cnc3cc(NC(=O)NCc4ccc(OC(F)(F)F)cc4)ccc3c2)cc1. The summed E-state index contributed by atoms with van der Waals surface area (Å²) in [6.07, 6.45) is -3.14. The number of urea groups is 1. The summed E-state index contributed by atoms with van der Waals surface area (Å²) in [6, 6.07) is 17.8. The van der Waals surface area contributed by atoms with E-state index in [1.54, 1.807) is 36.5 Å². The van der Waals surface area contributed by atoms with Crippen LogP contribution in [0.2, 0.25) is 0 Å². The fourth-order valence-electron chi connectivity index (χ4n) is 3.36. The second-order valence-electron chi connectivity index (χ2n) is 7.70. The van der Waals surface area contributed by atoms with E-state index in [1.807, 2.05) is 6.07 Å². The Hall–Kier alpha value is -4.16. The Bertz CT molecular complexity index is 1510. The molecule has 0 aliphatic heterocycles. The van der Waals surface area contributed by atoms with Crippen molar-refractivity contribution < 1.29 is 31.1 Å². The summed E-state index contributed by atoms with van der Waals surface area (Å²) in [7, 11) is -3.78. The smallest absolute Gasteiger partial charge is 0.406 e. The molecule has 0 bridgehead atoms. The maximum atomic E-state index is 12.2. The molecule has 0 saturated carbocycles. The van der Waals surface area contributed by atoms with Crippen molar-refractivity contribution in [2.75, 3.05) is 5.32 Å². The summed E-state index contributed by atoms with van der Waals surface area (Å²) in [4.78, 5) is 16.7. The van der Waals surface area contributed by atoms with Crippen molar-refractivity contribution in [3.8, 4) is 16.9 Å². The lowest BCUT2D eigenvalue weighted by atomic mass is 10.1. The number of anilines is 1. The number of fused-ring (bicyclic) bond motifs is 1. The number of hydrogen-bond donors (Lipinski definition) is 3. The first-order valence-electron chi connectivity index (χ1n) is 10.4. The summed E-state index contributed by atoms with van der Waals surface area (Å²) in [5.74, 6) is -0.344. The fourth-order valence-corrected chi connectivity index (χ4v) is 3.88. The van der Waals surface area contributed by atoms with Crippen molar-refractivity contribution in [1.29, 1.82) is 0 Å². The molecule has 36 heavy (non-hydrogen) atoms. The minimum absolute atomic E-state index is 0.0153. The predicted molar refractivity (Wildman–Crippen MR) is 128 cm³/mol. The Morgan fingerprint density at radius 1 is 0.944 bits per heavy atom. The number of primary sulfonamides is 1. The quantitative estimate of drug-likeness (QED) is 0.341. The number of hydrogen-bond acceptors (Lipinski definition) is 5. The Balaban J connectivity index is 1.38. The third-order valence-corrected chi connectivity index (χ3v) is 6.00. The van der Waals surface area contributed by atoms with Crippen LogP contribution in [-0.2, 0) is 16.6 Å². The maximum absolute atomic E-state index is 12.2. The van der Waals surface area contributed by atoms with Gasteiger partial charge in [-0.05, 0) is 53.6 Å². The van der Waals surface area contributed by atoms with Gasteiger partial charge in [0.2, 0.25) is 10.0 Å². The maximum Gasteiger partial charge on any atom is 0.573 e. The van der Waals surface area contributed by atoms with E-state index in [4.69, 9.17) is 5.14 Å². The highest BCUT2D eigenvalue weighted by molar-refractivity contribution is 7.89. The van der Waals surface area contributed by atoms with Gasteiger partial charge in [0.05, 0.1) is 10.4 Å². The lowest BCUT2D eigenvalue weighted by molar-refractivity contribution is -0.274. The van der Waals surface area contributed by atoms with Crippen molar-refractivity contribution in [3.05, 3.63) is 84.6 Å². The molecule has 0 radical (unpaired) electrons. The van der Waals surface area contributed by atoms with E-state index < -0.39 is 22.4 Å². The number of nitrogens with one attached hydrogen (secondary N) is 2. The molecule has 4 aromatic rings. The van der Waals surface area contributed by atoms with Crippen LogP contribution in [0, 0.1) is 0 Å². The Morgan fingerprint density at radius 3 is 2.28 bits per heavy atom. The molecule has 0 aliphatic carbocycles. The zero-order chi connectivity index (χ0) is 25.9. The zero-order valence-electron chi connectivity index (χ0n) is 18.4. The lowest BCUT2D eigenvalue weighted by Gasteiger charge is -2.11. The van der Waals surface area contributed by atoms with Gasteiger partial charge in [-0.1, -0.05) is 30.3 Å². The molecule has 0 saturated heterocycles. The number of rotatable bonds is 6. The van der Waals surface area contributed by atoms with Gasteiger partial charge in [0, 0.05) is 29.4 Å². The van der Waals surface area contributed by atoms with Crippen LogP contribution >= 0.6 is 0 Å². The number of halogens is 3. The number of carbonyl (C=O) groups is 1. The molecule has 2 amide bonds. The standard InChI is InChI=1S/C24H19F3N4O4S/c25-24(26,27)35-20-7-1-15(2-8-20)13-30-23(32)31-19-6-3-17-11-18(14-29-22(17)12-19)16-4-9-21(10-5-16)36(28,33)34/h1-12,14H,13H2,(H2,28,33,34)(H2,30,31,32). The largest absolute Gasteiger partial charge is 0.573 e. The summed E-state index contributed by atoms with van der Waals surface area (Å²) in [5.41, 5.74) is 3.24. The fraction of sp³-hybridized carbons (Fsp3) is 0.0833. The van der Waals surface area contributed by atoms with Crippen molar-refractivity contribution in [2.45, 2.75) is 17.8 Å². The number of carbonyl (C=O) groups excluding carboxylic acids is 1. The van der Waals surface area contributed by atoms with E-state index >= 15 is 0 Å². The minimum Gasteiger partial charge on any atom is -0.406 e. The van der Waals surface area contributed by atoms with Crippen LogP contribution in [0.5, 0.6) is 5.75 Å². The van der Waals surface area contributed by atoms with Crippen LogP contribution in [0.4, 0.5) is 23.7 Å². The zero-order valence-corrected chi connectivity index (χ0v) is 19.2. The molecule has 1 heterocycles. The number of nitrogens with two attached hydrogens (primary N) is 1. The molecule has 3 aromatic carbocycles. The van der Waals surface area contributed by atoms with Gasteiger partial charge in [-0.2, -0.15) is 0 Å². The second-order valence-corrected chi connectivity index (χ2v) is 9.26. The van der Waals surface area contributed by atoms with Crippen molar-refractivity contribution >= 4 is 32.6 Å².